The van der Waals surface area contributed by atoms with Gasteiger partial charge in [-0.3, -0.25) is 4.79 Å². The number of carbonyl (C=O) groups is 1. The van der Waals surface area contributed by atoms with Crippen LogP contribution in [0.3, 0.4) is 0 Å². The zero-order valence-electron chi connectivity index (χ0n) is 13.4. The second-order valence-electron chi connectivity index (χ2n) is 6.21. The minimum Gasteiger partial charge on any atom is -0.387 e. The SMILES string of the molecule is O=C(CO)N1CCc2[nH]c3c(Cl)c(Cl)cc(C4=CC=CNC4)c3c2C1. The quantitative estimate of drug-likeness (QED) is 0.753. The number of benzene rings is 1. The first-order valence-electron chi connectivity index (χ1n) is 8.09. The largest absolute Gasteiger partial charge is 0.387 e. The third kappa shape index (κ3) is 2.72. The second kappa shape index (κ2) is 6.41. The number of carbonyl (C=O) groups excluding carboxylic acids is 1. The molecule has 25 heavy (non-hydrogen) atoms. The van der Waals surface area contributed by atoms with Crippen LogP contribution < -0.4 is 5.32 Å². The number of aliphatic hydroxyl groups is 1. The van der Waals surface area contributed by atoms with Crippen molar-refractivity contribution in [2.75, 3.05) is 19.7 Å². The second-order valence-corrected chi connectivity index (χ2v) is 6.99. The molecule has 0 unspecified atom stereocenters. The van der Waals surface area contributed by atoms with Gasteiger partial charge in [0.15, 0.2) is 0 Å². The molecule has 1 aromatic carbocycles. The molecule has 0 aliphatic carbocycles. The van der Waals surface area contributed by atoms with Crippen LogP contribution in [0.15, 0.2) is 24.4 Å². The number of fused-ring (bicyclic) bond motifs is 3. The fraction of sp³-hybridized carbons (Fsp3) is 0.278. The molecule has 0 radical (unpaired) electrons. The Kier molecular flexibility index (Phi) is 4.23. The van der Waals surface area contributed by atoms with Gasteiger partial charge >= 0.3 is 0 Å². The van der Waals surface area contributed by atoms with Gasteiger partial charge in [0.2, 0.25) is 5.91 Å². The fourth-order valence-corrected chi connectivity index (χ4v) is 3.95. The van der Waals surface area contributed by atoms with E-state index in [4.69, 9.17) is 23.2 Å². The Labute approximate surface area is 154 Å². The lowest BCUT2D eigenvalue weighted by Crippen LogP contribution is -2.37. The Morgan fingerprint density at radius 1 is 1.36 bits per heavy atom. The molecule has 3 heterocycles. The number of halogens is 2. The van der Waals surface area contributed by atoms with E-state index in [9.17, 15) is 9.90 Å². The van der Waals surface area contributed by atoms with Crippen molar-refractivity contribution in [3.8, 4) is 0 Å². The molecule has 0 saturated carbocycles. The summed E-state index contributed by atoms with van der Waals surface area (Å²) in [6, 6.07) is 1.89. The van der Waals surface area contributed by atoms with Crippen molar-refractivity contribution in [1.29, 1.82) is 0 Å². The lowest BCUT2D eigenvalue weighted by molar-refractivity contribution is -0.135. The highest BCUT2D eigenvalue weighted by atomic mass is 35.5. The number of allylic oxidation sites excluding steroid dienone is 2. The van der Waals surface area contributed by atoms with Crippen molar-refractivity contribution in [1.82, 2.24) is 15.2 Å². The van der Waals surface area contributed by atoms with E-state index >= 15 is 0 Å². The number of aliphatic hydroxyl groups excluding tert-OH is 1. The Hall–Kier alpha value is -1.95. The van der Waals surface area contributed by atoms with Crippen molar-refractivity contribution in [3.05, 3.63) is 51.3 Å². The van der Waals surface area contributed by atoms with Gasteiger partial charge in [0.05, 0.1) is 15.6 Å². The van der Waals surface area contributed by atoms with E-state index in [0.717, 1.165) is 33.3 Å². The molecule has 0 fully saturated rings. The fourth-order valence-electron chi connectivity index (χ4n) is 3.55. The number of nitrogens with zero attached hydrogens (tertiary/aromatic N) is 1. The van der Waals surface area contributed by atoms with Gasteiger partial charge in [-0.25, -0.2) is 0 Å². The first kappa shape index (κ1) is 16.5. The predicted molar refractivity (Wildman–Crippen MR) is 99.6 cm³/mol. The van der Waals surface area contributed by atoms with Crippen LogP contribution in [0.25, 0.3) is 16.5 Å². The summed E-state index contributed by atoms with van der Waals surface area (Å²) in [6.07, 6.45) is 6.59. The van der Waals surface area contributed by atoms with Crippen LogP contribution >= 0.6 is 23.2 Å². The number of aromatic nitrogens is 1. The molecule has 2 aliphatic heterocycles. The highest BCUT2D eigenvalue weighted by Gasteiger charge is 2.27. The maximum atomic E-state index is 11.9. The average molecular weight is 378 g/mol. The predicted octanol–water partition coefficient (Wildman–Crippen LogP) is 2.85. The summed E-state index contributed by atoms with van der Waals surface area (Å²) in [4.78, 5) is 17.0. The summed E-state index contributed by atoms with van der Waals surface area (Å²) in [5, 5.41) is 14.4. The van der Waals surface area contributed by atoms with Crippen LogP contribution in [0.5, 0.6) is 0 Å². The molecule has 0 atom stereocenters. The first-order chi connectivity index (χ1) is 12.1. The lowest BCUT2D eigenvalue weighted by Gasteiger charge is -2.27. The van der Waals surface area contributed by atoms with Gasteiger partial charge in [-0.2, -0.15) is 0 Å². The number of amides is 1. The number of hydrogen-bond donors (Lipinski definition) is 3. The molecule has 7 heteroatoms. The summed E-state index contributed by atoms with van der Waals surface area (Å²) in [5.74, 6) is -0.261. The first-order valence-corrected chi connectivity index (χ1v) is 8.85. The van der Waals surface area contributed by atoms with E-state index in [2.05, 4.69) is 10.3 Å². The monoisotopic (exact) mass is 377 g/mol. The third-order valence-electron chi connectivity index (χ3n) is 4.78. The molecule has 2 aliphatic rings. The molecule has 5 nitrogen and oxygen atoms in total. The van der Waals surface area contributed by atoms with Crippen LogP contribution in [0.2, 0.25) is 10.0 Å². The molecule has 0 spiro atoms. The van der Waals surface area contributed by atoms with Crippen LogP contribution in [-0.2, 0) is 17.8 Å². The molecule has 1 amide bonds. The molecule has 4 rings (SSSR count). The smallest absolute Gasteiger partial charge is 0.248 e. The summed E-state index contributed by atoms with van der Waals surface area (Å²) >= 11 is 12.8. The van der Waals surface area contributed by atoms with Crippen LogP contribution in [0, 0.1) is 0 Å². The van der Waals surface area contributed by atoms with Gasteiger partial charge < -0.3 is 20.3 Å². The molecule has 130 valence electrons. The Bertz CT molecular complexity index is 930. The van der Waals surface area contributed by atoms with Crippen molar-refractivity contribution in [3.63, 3.8) is 0 Å². The van der Waals surface area contributed by atoms with E-state index in [1.54, 1.807) is 4.90 Å². The number of dihydropyridines is 1. The highest BCUT2D eigenvalue weighted by Crippen LogP contribution is 2.40. The van der Waals surface area contributed by atoms with E-state index in [1.165, 1.54) is 0 Å². The number of aromatic amines is 1. The number of hydrogen-bond acceptors (Lipinski definition) is 3. The summed E-state index contributed by atoms with van der Waals surface area (Å²) in [7, 11) is 0. The van der Waals surface area contributed by atoms with Crippen LogP contribution in [0.1, 0.15) is 16.8 Å². The minimum atomic E-state index is -0.475. The van der Waals surface area contributed by atoms with Gasteiger partial charge in [0.1, 0.15) is 6.61 Å². The average Bonchev–Trinajstić information content (AvgIpc) is 3.03. The zero-order chi connectivity index (χ0) is 17.6. The highest BCUT2D eigenvalue weighted by molar-refractivity contribution is 6.45. The van der Waals surface area contributed by atoms with Crippen molar-refractivity contribution in [2.45, 2.75) is 13.0 Å². The molecular weight excluding hydrogens is 361 g/mol. The summed E-state index contributed by atoms with van der Waals surface area (Å²) < 4.78 is 0. The van der Waals surface area contributed by atoms with Crippen molar-refractivity contribution in [2.24, 2.45) is 0 Å². The van der Waals surface area contributed by atoms with Gasteiger partial charge in [-0.05, 0) is 29.5 Å². The van der Waals surface area contributed by atoms with Gasteiger partial charge in [0.25, 0.3) is 0 Å². The molecule has 3 N–H and O–H groups in total. The Morgan fingerprint density at radius 2 is 2.20 bits per heavy atom. The van der Waals surface area contributed by atoms with Crippen molar-refractivity contribution < 1.29 is 9.90 Å². The number of nitrogens with one attached hydrogen (secondary N) is 2. The summed E-state index contributed by atoms with van der Waals surface area (Å²) in [6.45, 7) is 1.25. The Morgan fingerprint density at radius 3 is 2.92 bits per heavy atom. The van der Waals surface area contributed by atoms with Gasteiger partial charge in [-0.15, -0.1) is 0 Å². The molecule has 0 bridgehead atoms. The molecule has 1 aromatic heterocycles. The van der Waals surface area contributed by atoms with Gasteiger partial charge in [-0.1, -0.05) is 29.3 Å². The zero-order valence-corrected chi connectivity index (χ0v) is 14.9. The number of H-pyrrole nitrogens is 1. The lowest BCUT2D eigenvalue weighted by atomic mass is 9.95. The number of rotatable bonds is 2. The van der Waals surface area contributed by atoms with E-state index in [1.807, 2.05) is 24.4 Å². The molecular formula is C18H17Cl2N3O2. The minimum absolute atomic E-state index is 0.261. The normalized spacial score (nSPS) is 16.6. The van der Waals surface area contributed by atoms with Gasteiger partial charge in [0, 0.05) is 42.7 Å². The topological polar surface area (TPSA) is 68.4 Å². The Balaban J connectivity index is 1.93. The van der Waals surface area contributed by atoms with E-state index in [0.29, 0.717) is 36.1 Å². The molecule has 2 aromatic rings. The van der Waals surface area contributed by atoms with Crippen LogP contribution in [-0.4, -0.2) is 40.6 Å². The summed E-state index contributed by atoms with van der Waals surface area (Å²) in [5.41, 5.74) is 5.05. The maximum Gasteiger partial charge on any atom is 0.248 e. The van der Waals surface area contributed by atoms with E-state index in [-0.39, 0.29) is 5.91 Å². The maximum absolute atomic E-state index is 11.9. The molecule has 0 saturated heterocycles. The standard InChI is InChI=1S/C18H17Cl2N3O2/c19-13-6-11(10-2-1-4-21-7-10)16-12-8-23(15(25)9-24)5-3-14(12)22-18(16)17(13)20/h1-2,4,6,21-22,24H,3,5,7-9H2. The van der Waals surface area contributed by atoms with Crippen molar-refractivity contribution >= 4 is 45.6 Å². The van der Waals surface area contributed by atoms with Crippen LogP contribution in [0.4, 0.5) is 0 Å². The van der Waals surface area contributed by atoms with E-state index < -0.39 is 6.61 Å². The third-order valence-corrected chi connectivity index (χ3v) is 5.57.